The Labute approximate surface area is 94.7 Å². The Hall–Kier alpha value is -1.46. The molecule has 0 fully saturated rings. The summed E-state index contributed by atoms with van der Waals surface area (Å²) in [5.74, 6) is -0.392. The van der Waals surface area contributed by atoms with E-state index >= 15 is 0 Å². The quantitative estimate of drug-likeness (QED) is 0.476. The predicted molar refractivity (Wildman–Crippen MR) is 59.8 cm³/mol. The van der Waals surface area contributed by atoms with Crippen molar-refractivity contribution in [2.45, 2.75) is 25.3 Å². The molecule has 0 saturated carbocycles. The summed E-state index contributed by atoms with van der Waals surface area (Å²) in [4.78, 5) is 11.8. The first-order valence-electron chi connectivity index (χ1n) is 5.36. The number of nitrogens with two attached hydrogens (primary N) is 2. The largest absolute Gasteiger partial charge is 0.459 e. The van der Waals surface area contributed by atoms with Crippen LogP contribution >= 0.6 is 0 Å². The second-order valence-corrected chi connectivity index (χ2v) is 3.66. The average molecular weight is 224 g/mol. The van der Waals surface area contributed by atoms with Gasteiger partial charge in [0.2, 0.25) is 0 Å². The second-order valence-electron chi connectivity index (χ2n) is 3.66. The fraction of sp³-hybridized carbons (Fsp3) is 0.455. The van der Waals surface area contributed by atoms with Gasteiger partial charge in [0.25, 0.3) is 0 Å². The van der Waals surface area contributed by atoms with Gasteiger partial charge in [0, 0.05) is 6.07 Å². The summed E-state index contributed by atoms with van der Waals surface area (Å²) >= 11 is 0. The number of aromatic nitrogens is 1. The minimum Gasteiger partial charge on any atom is -0.459 e. The van der Waals surface area contributed by atoms with Crippen LogP contribution in [0.4, 0.5) is 0 Å². The van der Waals surface area contributed by atoms with E-state index in [9.17, 15) is 9.90 Å². The zero-order chi connectivity index (χ0) is 12.0. The predicted octanol–water partition coefficient (Wildman–Crippen LogP) is -0.224. The molecule has 0 aromatic carbocycles. The van der Waals surface area contributed by atoms with Gasteiger partial charge in [-0.25, -0.2) is 4.79 Å². The molecule has 0 saturated heterocycles. The number of nitrogens with zero attached hydrogens (tertiary/aromatic N) is 1. The van der Waals surface area contributed by atoms with Crippen LogP contribution in [0, 0.1) is 0 Å². The van der Waals surface area contributed by atoms with E-state index in [2.05, 4.69) is 0 Å². The Morgan fingerprint density at radius 3 is 2.81 bits per heavy atom. The van der Waals surface area contributed by atoms with Crippen LogP contribution in [-0.4, -0.2) is 23.6 Å². The number of aromatic hydroxyl groups is 1. The maximum absolute atomic E-state index is 11.8. The number of hydrogen-bond acceptors (Lipinski definition) is 4. The number of pyridine rings is 1. The lowest BCUT2D eigenvalue weighted by molar-refractivity contribution is -0.583. The van der Waals surface area contributed by atoms with E-state index < -0.39 is 6.04 Å². The van der Waals surface area contributed by atoms with Crippen LogP contribution in [0.3, 0.4) is 0 Å². The third-order valence-corrected chi connectivity index (χ3v) is 2.36. The van der Waals surface area contributed by atoms with Crippen molar-refractivity contribution in [1.82, 2.24) is 0 Å². The number of carbonyl (C=O) groups is 1. The smallest absolute Gasteiger partial charge is 0.412 e. The highest BCUT2D eigenvalue weighted by molar-refractivity contribution is 5.73. The molecule has 1 rings (SSSR count). The van der Waals surface area contributed by atoms with Gasteiger partial charge in [-0.3, -0.25) is 0 Å². The molecular weight excluding hydrogens is 206 g/mol. The fourth-order valence-corrected chi connectivity index (χ4v) is 1.43. The van der Waals surface area contributed by atoms with Crippen LogP contribution in [0.25, 0.3) is 0 Å². The Morgan fingerprint density at radius 2 is 2.19 bits per heavy atom. The van der Waals surface area contributed by atoms with Crippen molar-refractivity contribution in [3.8, 4) is 5.88 Å². The van der Waals surface area contributed by atoms with Gasteiger partial charge in [0.1, 0.15) is 6.04 Å². The van der Waals surface area contributed by atoms with E-state index in [1.54, 1.807) is 12.1 Å². The normalized spacial score (nSPS) is 12.4. The first-order valence-corrected chi connectivity index (χ1v) is 5.36. The Balaban J connectivity index is 2.60. The van der Waals surface area contributed by atoms with Gasteiger partial charge in [0.05, 0.1) is 6.07 Å². The molecule has 5 nitrogen and oxygen atoms in total. The molecular formula is C11H18N3O2+. The monoisotopic (exact) mass is 224 g/mol. The summed E-state index contributed by atoms with van der Waals surface area (Å²) in [6, 6.07) is 4.18. The van der Waals surface area contributed by atoms with Crippen LogP contribution in [0.5, 0.6) is 5.88 Å². The van der Waals surface area contributed by atoms with Crippen molar-refractivity contribution in [3.63, 3.8) is 0 Å². The van der Waals surface area contributed by atoms with Crippen molar-refractivity contribution in [1.29, 1.82) is 0 Å². The molecule has 88 valence electrons. The van der Waals surface area contributed by atoms with E-state index in [-0.39, 0.29) is 11.8 Å². The molecule has 1 atom stereocenters. The van der Waals surface area contributed by atoms with E-state index in [0.717, 1.165) is 17.4 Å². The standard InChI is InChI=1S/C11H17N3O2/c12-7-3-1-5-9(13)11(16)14-8-4-2-6-10(14)15/h2,4,6,8-9H,1,3,5,7,12-13H2/p+1. The molecule has 1 aromatic rings. The topological polar surface area (TPSA) is 93.2 Å². The van der Waals surface area contributed by atoms with Gasteiger partial charge in [0.15, 0.2) is 6.20 Å². The summed E-state index contributed by atoms with van der Waals surface area (Å²) in [6.45, 7) is 0.602. The lowest BCUT2D eigenvalue weighted by Crippen LogP contribution is -2.52. The lowest BCUT2D eigenvalue weighted by Gasteiger charge is -2.05. The van der Waals surface area contributed by atoms with Crippen LogP contribution < -0.4 is 16.0 Å². The van der Waals surface area contributed by atoms with Gasteiger partial charge in [-0.15, -0.1) is 0 Å². The Morgan fingerprint density at radius 1 is 1.44 bits per heavy atom. The summed E-state index contributed by atoms with van der Waals surface area (Å²) < 4.78 is 1.16. The van der Waals surface area contributed by atoms with Crippen molar-refractivity contribution >= 4 is 5.91 Å². The van der Waals surface area contributed by atoms with Gasteiger partial charge >= 0.3 is 11.8 Å². The molecule has 0 aliphatic heterocycles. The summed E-state index contributed by atoms with van der Waals surface area (Å²) in [5, 5.41) is 9.47. The minimum atomic E-state index is -0.593. The maximum atomic E-state index is 11.8. The van der Waals surface area contributed by atoms with Gasteiger partial charge in [-0.05, 0) is 31.9 Å². The lowest BCUT2D eigenvalue weighted by atomic mass is 10.1. The van der Waals surface area contributed by atoms with E-state index in [4.69, 9.17) is 11.5 Å². The molecule has 0 bridgehead atoms. The molecule has 1 aromatic heterocycles. The molecule has 16 heavy (non-hydrogen) atoms. The van der Waals surface area contributed by atoms with Crippen molar-refractivity contribution < 1.29 is 14.5 Å². The van der Waals surface area contributed by atoms with Crippen LogP contribution in [-0.2, 0) is 0 Å². The molecule has 0 amide bonds. The van der Waals surface area contributed by atoms with Crippen molar-refractivity contribution in [3.05, 3.63) is 24.4 Å². The SMILES string of the molecule is NCCCCC(N)C(=O)[n+]1ccccc1O. The van der Waals surface area contributed by atoms with Gasteiger partial charge < -0.3 is 16.6 Å². The number of carbonyl (C=O) groups excluding carboxylic acids is 1. The maximum Gasteiger partial charge on any atom is 0.412 e. The van der Waals surface area contributed by atoms with Crippen LogP contribution in [0.2, 0.25) is 0 Å². The molecule has 0 aliphatic carbocycles. The number of hydrogen-bond donors (Lipinski definition) is 3. The molecule has 5 N–H and O–H groups in total. The van der Waals surface area contributed by atoms with Crippen LogP contribution in [0.15, 0.2) is 24.4 Å². The van der Waals surface area contributed by atoms with Crippen molar-refractivity contribution in [2.75, 3.05) is 6.54 Å². The molecule has 5 heteroatoms. The van der Waals surface area contributed by atoms with E-state index in [1.165, 1.54) is 12.3 Å². The molecule has 0 spiro atoms. The van der Waals surface area contributed by atoms with E-state index in [1.807, 2.05) is 0 Å². The van der Waals surface area contributed by atoms with Gasteiger partial charge in [-0.2, -0.15) is 0 Å². The second kappa shape index (κ2) is 6.19. The summed E-state index contributed by atoms with van der Waals surface area (Å²) in [7, 11) is 0. The highest BCUT2D eigenvalue weighted by Crippen LogP contribution is 2.02. The summed E-state index contributed by atoms with van der Waals surface area (Å²) in [6.07, 6.45) is 3.75. The minimum absolute atomic E-state index is 0.0956. The highest BCUT2D eigenvalue weighted by Gasteiger charge is 2.25. The van der Waals surface area contributed by atoms with E-state index in [0.29, 0.717) is 13.0 Å². The third-order valence-electron chi connectivity index (χ3n) is 2.36. The van der Waals surface area contributed by atoms with Crippen LogP contribution in [0.1, 0.15) is 24.1 Å². The molecule has 0 aliphatic rings. The summed E-state index contributed by atoms with van der Waals surface area (Å²) in [5.41, 5.74) is 11.1. The van der Waals surface area contributed by atoms with Gasteiger partial charge in [-0.1, -0.05) is 4.57 Å². The number of rotatable bonds is 5. The first kappa shape index (κ1) is 12.6. The Kier molecular flexibility index (Phi) is 4.88. The zero-order valence-electron chi connectivity index (χ0n) is 9.17. The number of unbranched alkanes of at least 4 members (excludes halogenated alkanes) is 1. The molecule has 0 radical (unpaired) electrons. The third kappa shape index (κ3) is 3.29. The average Bonchev–Trinajstić information content (AvgIpc) is 2.29. The fourth-order valence-electron chi connectivity index (χ4n) is 1.43. The highest BCUT2D eigenvalue weighted by atomic mass is 16.3. The Bertz CT molecular complexity index is 355. The molecule has 1 unspecified atom stereocenters. The van der Waals surface area contributed by atoms with Crippen molar-refractivity contribution in [2.24, 2.45) is 11.5 Å². The zero-order valence-corrected chi connectivity index (χ0v) is 9.17. The molecule has 1 heterocycles. The first-order chi connectivity index (χ1) is 7.66.